The molecule has 2 heterocycles. The summed E-state index contributed by atoms with van der Waals surface area (Å²) in [6.45, 7) is 0. The molecule has 0 radical (unpaired) electrons. The van der Waals surface area contributed by atoms with E-state index in [2.05, 4.69) is 12.1 Å². The molecule has 96 valence electrons. The van der Waals surface area contributed by atoms with Crippen LogP contribution in [0.5, 0.6) is 0 Å². The summed E-state index contributed by atoms with van der Waals surface area (Å²) in [4.78, 5) is 12.2. The summed E-state index contributed by atoms with van der Waals surface area (Å²) >= 11 is 1.66. The van der Waals surface area contributed by atoms with Gasteiger partial charge in [-0.05, 0) is 18.2 Å². The van der Waals surface area contributed by atoms with E-state index in [-0.39, 0.29) is 5.43 Å². The Kier molecular flexibility index (Phi) is 2.47. The van der Waals surface area contributed by atoms with E-state index in [0.717, 1.165) is 10.9 Å². The number of rotatable bonds is 1. The first-order valence-electron chi connectivity index (χ1n) is 6.32. The monoisotopic (exact) mass is 278 g/mol. The molecule has 3 heteroatoms. The van der Waals surface area contributed by atoms with Crippen molar-refractivity contribution in [2.24, 2.45) is 0 Å². The Bertz CT molecular complexity index is 979. The Morgan fingerprint density at radius 3 is 2.55 bits per heavy atom. The van der Waals surface area contributed by atoms with E-state index in [1.807, 2.05) is 35.7 Å². The zero-order valence-corrected chi connectivity index (χ0v) is 11.3. The molecule has 0 bridgehead atoms. The third-order valence-electron chi connectivity index (χ3n) is 3.38. The summed E-state index contributed by atoms with van der Waals surface area (Å²) in [6, 6.07) is 17.1. The Balaban J connectivity index is 2.05. The first-order valence-corrected chi connectivity index (χ1v) is 7.20. The van der Waals surface area contributed by atoms with Gasteiger partial charge in [-0.2, -0.15) is 0 Å². The van der Waals surface area contributed by atoms with Crippen molar-refractivity contribution in [2.75, 3.05) is 0 Å². The van der Waals surface area contributed by atoms with Crippen molar-refractivity contribution in [3.8, 4) is 11.3 Å². The highest BCUT2D eigenvalue weighted by atomic mass is 32.1. The van der Waals surface area contributed by atoms with Gasteiger partial charge in [-0.1, -0.05) is 30.3 Å². The van der Waals surface area contributed by atoms with E-state index in [4.69, 9.17) is 4.42 Å². The normalized spacial score (nSPS) is 11.2. The molecule has 20 heavy (non-hydrogen) atoms. The lowest BCUT2D eigenvalue weighted by Crippen LogP contribution is -1.99. The van der Waals surface area contributed by atoms with E-state index >= 15 is 0 Å². The standard InChI is InChI=1S/C17H10O2S/c18-14-9-16(19-15-7-3-1-6-12(14)15)13-10-20-17-8-4-2-5-11(13)17/h1-10H. The molecule has 0 atom stereocenters. The Hall–Kier alpha value is -2.39. The quantitative estimate of drug-likeness (QED) is 0.506. The molecule has 0 spiro atoms. The van der Waals surface area contributed by atoms with Gasteiger partial charge in [0.05, 0.1) is 5.39 Å². The van der Waals surface area contributed by atoms with Crippen LogP contribution in [0.25, 0.3) is 32.4 Å². The van der Waals surface area contributed by atoms with Gasteiger partial charge in [-0.15, -0.1) is 11.3 Å². The van der Waals surface area contributed by atoms with E-state index in [9.17, 15) is 4.79 Å². The number of para-hydroxylation sites is 1. The van der Waals surface area contributed by atoms with Crippen molar-refractivity contribution in [1.82, 2.24) is 0 Å². The average Bonchev–Trinajstić information content (AvgIpc) is 2.91. The maximum absolute atomic E-state index is 12.2. The van der Waals surface area contributed by atoms with E-state index in [1.165, 1.54) is 4.70 Å². The van der Waals surface area contributed by atoms with E-state index in [0.29, 0.717) is 16.7 Å². The third-order valence-corrected chi connectivity index (χ3v) is 4.34. The molecular formula is C17H10O2S. The van der Waals surface area contributed by atoms with Gasteiger partial charge in [0.15, 0.2) is 5.43 Å². The Labute approximate surface area is 118 Å². The van der Waals surface area contributed by atoms with Crippen LogP contribution in [0.3, 0.4) is 0 Å². The lowest BCUT2D eigenvalue weighted by atomic mass is 10.1. The van der Waals surface area contributed by atoms with Gasteiger partial charge >= 0.3 is 0 Å². The molecule has 0 amide bonds. The van der Waals surface area contributed by atoms with Gasteiger partial charge in [0.25, 0.3) is 0 Å². The topological polar surface area (TPSA) is 30.2 Å². The van der Waals surface area contributed by atoms with Crippen LogP contribution < -0.4 is 5.43 Å². The first-order chi connectivity index (χ1) is 9.83. The number of hydrogen-bond acceptors (Lipinski definition) is 3. The van der Waals surface area contributed by atoms with E-state index in [1.54, 1.807) is 23.5 Å². The molecule has 0 aliphatic carbocycles. The minimum Gasteiger partial charge on any atom is -0.456 e. The van der Waals surface area contributed by atoms with Gasteiger partial charge < -0.3 is 4.42 Å². The zero-order valence-electron chi connectivity index (χ0n) is 10.5. The molecule has 0 N–H and O–H groups in total. The summed E-state index contributed by atoms with van der Waals surface area (Å²) in [5.41, 5.74) is 1.61. The second kappa shape index (κ2) is 4.32. The van der Waals surface area contributed by atoms with Crippen LogP contribution in [0.15, 0.2) is 69.2 Å². The van der Waals surface area contributed by atoms with Crippen LogP contribution in [0.2, 0.25) is 0 Å². The van der Waals surface area contributed by atoms with Crippen LogP contribution in [-0.2, 0) is 0 Å². The minimum atomic E-state index is -0.00266. The third kappa shape index (κ3) is 1.67. The lowest BCUT2D eigenvalue weighted by Gasteiger charge is -2.01. The highest BCUT2D eigenvalue weighted by Crippen LogP contribution is 2.34. The molecule has 0 unspecified atom stereocenters. The first kappa shape index (κ1) is 11.4. The summed E-state index contributed by atoms with van der Waals surface area (Å²) in [6.07, 6.45) is 0. The molecule has 2 nitrogen and oxygen atoms in total. The van der Waals surface area contributed by atoms with Gasteiger partial charge in [-0.3, -0.25) is 4.79 Å². The summed E-state index contributed by atoms with van der Waals surface area (Å²) < 4.78 is 7.09. The summed E-state index contributed by atoms with van der Waals surface area (Å²) in [5, 5.41) is 3.78. The number of hydrogen-bond donors (Lipinski definition) is 0. The van der Waals surface area contributed by atoms with Gasteiger partial charge in [0, 0.05) is 27.1 Å². The molecule has 0 fully saturated rings. The minimum absolute atomic E-state index is 0.00266. The van der Waals surface area contributed by atoms with Crippen molar-refractivity contribution in [3.63, 3.8) is 0 Å². The largest absolute Gasteiger partial charge is 0.456 e. The molecule has 0 saturated heterocycles. The Morgan fingerprint density at radius 1 is 0.900 bits per heavy atom. The van der Waals surface area contributed by atoms with Gasteiger partial charge in [0.1, 0.15) is 11.3 Å². The van der Waals surface area contributed by atoms with Crippen LogP contribution in [0, 0.1) is 0 Å². The van der Waals surface area contributed by atoms with Crippen LogP contribution in [0.1, 0.15) is 0 Å². The summed E-state index contributed by atoms with van der Waals surface area (Å²) in [7, 11) is 0. The number of thiophene rings is 1. The van der Waals surface area contributed by atoms with Crippen molar-refractivity contribution in [3.05, 3.63) is 70.2 Å². The van der Waals surface area contributed by atoms with Gasteiger partial charge in [-0.25, -0.2) is 0 Å². The van der Waals surface area contributed by atoms with E-state index < -0.39 is 0 Å². The summed E-state index contributed by atoms with van der Waals surface area (Å²) in [5.74, 6) is 0.631. The lowest BCUT2D eigenvalue weighted by molar-refractivity contribution is 0.620. The second-order valence-electron chi connectivity index (χ2n) is 4.62. The van der Waals surface area contributed by atoms with Crippen molar-refractivity contribution in [2.45, 2.75) is 0 Å². The Morgan fingerprint density at radius 2 is 1.65 bits per heavy atom. The number of fused-ring (bicyclic) bond motifs is 2. The molecule has 4 aromatic rings. The van der Waals surface area contributed by atoms with Crippen molar-refractivity contribution in [1.29, 1.82) is 0 Å². The highest BCUT2D eigenvalue weighted by Gasteiger charge is 2.10. The predicted octanol–water partition coefficient (Wildman–Crippen LogP) is 4.67. The molecule has 0 aliphatic heterocycles. The van der Waals surface area contributed by atoms with Crippen LogP contribution in [-0.4, -0.2) is 0 Å². The average molecular weight is 278 g/mol. The molecular weight excluding hydrogens is 268 g/mol. The molecule has 2 aromatic carbocycles. The fourth-order valence-corrected chi connectivity index (χ4v) is 3.36. The fourth-order valence-electron chi connectivity index (χ4n) is 2.41. The highest BCUT2D eigenvalue weighted by molar-refractivity contribution is 7.17. The molecule has 4 rings (SSSR count). The van der Waals surface area contributed by atoms with Crippen molar-refractivity contribution >= 4 is 32.4 Å². The maximum atomic E-state index is 12.2. The predicted molar refractivity (Wildman–Crippen MR) is 83.3 cm³/mol. The smallest absolute Gasteiger partial charge is 0.193 e. The maximum Gasteiger partial charge on any atom is 0.193 e. The second-order valence-corrected chi connectivity index (χ2v) is 5.53. The SMILES string of the molecule is O=c1cc(-c2csc3ccccc23)oc2ccccc12. The van der Waals surface area contributed by atoms with Gasteiger partial charge in [0.2, 0.25) is 0 Å². The zero-order chi connectivity index (χ0) is 13.5. The molecule has 0 saturated carbocycles. The van der Waals surface area contributed by atoms with Crippen LogP contribution >= 0.6 is 11.3 Å². The molecule has 2 aromatic heterocycles. The van der Waals surface area contributed by atoms with Crippen molar-refractivity contribution < 1.29 is 4.42 Å². The fraction of sp³-hybridized carbons (Fsp3) is 0. The van der Waals surface area contributed by atoms with Crippen LogP contribution in [0.4, 0.5) is 0 Å². The molecule has 0 aliphatic rings. The number of benzene rings is 2.